The number of nitrogens with zero attached hydrogens (tertiary/aromatic N) is 3. The van der Waals surface area contributed by atoms with Crippen LogP contribution in [0.4, 0.5) is 5.13 Å². The van der Waals surface area contributed by atoms with Crippen molar-refractivity contribution in [2.45, 2.75) is 0 Å². The van der Waals surface area contributed by atoms with Crippen LogP contribution in [0.3, 0.4) is 0 Å². The number of hydrazone groups is 1. The van der Waals surface area contributed by atoms with Crippen molar-refractivity contribution < 1.29 is 0 Å². The van der Waals surface area contributed by atoms with Gasteiger partial charge < -0.3 is 10.7 Å². The van der Waals surface area contributed by atoms with Crippen molar-refractivity contribution >= 4 is 32.9 Å². The Hall–Kier alpha value is -1.62. The van der Waals surface area contributed by atoms with Crippen LogP contribution < -0.4 is 10.7 Å². The van der Waals surface area contributed by atoms with Crippen molar-refractivity contribution in [3.05, 3.63) is 23.8 Å². The summed E-state index contributed by atoms with van der Waals surface area (Å²) in [5.41, 5.74) is 2.01. The molecule has 2 N–H and O–H groups in total. The van der Waals surface area contributed by atoms with Gasteiger partial charge in [0.2, 0.25) is 0 Å². The summed E-state index contributed by atoms with van der Waals surface area (Å²) in [5.74, 6) is 5.11. The lowest BCUT2D eigenvalue weighted by Gasteiger charge is -2.04. The Morgan fingerprint density at radius 3 is 2.93 bits per heavy atom. The average Bonchev–Trinajstić information content (AvgIpc) is 2.61. The largest absolute Gasteiger partial charge is 0.354 e. The van der Waals surface area contributed by atoms with Gasteiger partial charge in [-0.15, -0.1) is 0 Å². The summed E-state index contributed by atoms with van der Waals surface area (Å²) in [5, 5.41) is 4.51. The molecule has 0 amide bonds. The molecule has 4 nitrogen and oxygen atoms in total. The van der Waals surface area contributed by atoms with Gasteiger partial charge in [-0.3, -0.25) is 0 Å². The van der Waals surface area contributed by atoms with E-state index in [2.05, 4.69) is 10.1 Å². The molecule has 0 aliphatic heterocycles. The van der Waals surface area contributed by atoms with Crippen LogP contribution in [0.1, 0.15) is 5.56 Å². The lowest BCUT2D eigenvalue weighted by molar-refractivity contribution is 1.11. The number of hydrogen-bond acceptors (Lipinski definition) is 5. The second kappa shape index (κ2) is 3.86. The second-order valence-corrected chi connectivity index (χ2v) is 4.41. The van der Waals surface area contributed by atoms with Crippen LogP contribution in [0.5, 0.6) is 0 Å². The van der Waals surface area contributed by atoms with E-state index in [-0.39, 0.29) is 0 Å². The van der Waals surface area contributed by atoms with Crippen molar-refractivity contribution in [3.8, 4) is 0 Å². The van der Waals surface area contributed by atoms with Crippen molar-refractivity contribution in [2.75, 3.05) is 19.0 Å². The molecule has 1 aromatic heterocycles. The first-order valence-electron chi connectivity index (χ1n) is 4.52. The van der Waals surface area contributed by atoms with Gasteiger partial charge >= 0.3 is 0 Å². The molecule has 0 fully saturated rings. The van der Waals surface area contributed by atoms with E-state index in [9.17, 15) is 0 Å². The molecule has 0 atom stereocenters. The highest BCUT2D eigenvalue weighted by Crippen LogP contribution is 2.27. The minimum atomic E-state index is 0.999. The fourth-order valence-corrected chi connectivity index (χ4v) is 2.22. The van der Waals surface area contributed by atoms with Crippen molar-refractivity contribution in [1.29, 1.82) is 0 Å². The van der Waals surface area contributed by atoms with Gasteiger partial charge in [0.15, 0.2) is 5.13 Å². The number of anilines is 1. The third kappa shape index (κ3) is 1.92. The Morgan fingerprint density at radius 2 is 2.27 bits per heavy atom. The zero-order valence-electron chi connectivity index (χ0n) is 8.64. The molecular weight excluding hydrogens is 208 g/mol. The van der Waals surface area contributed by atoms with E-state index in [0.717, 1.165) is 20.9 Å². The van der Waals surface area contributed by atoms with Gasteiger partial charge in [-0.2, -0.15) is 5.10 Å². The summed E-state index contributed by atoms with van der Waals surface area (Å²) in [6.45, 7) is 0. The van der Waals surface area contributed by atoms with Crippen LogP contribution in [0, 0.1) is 0 Å². The van der Waals surface area contributed by atoms with E-state index in [0.29, 0.717) is 0 Å². The standard InChI is InChI=1S/C10H12N4S/c1-14(2)10-13-8-4-3-7(6-12-11)5-9(8)15-10/h3-6H,11H2,1-2H3. The normalized spacial score (nSPS) is 11.3. The number of rotatable bonds is 2. The van der Waals surface area contributed by atoms with Crippen molar-refractivity contribution in [1.82, 2.24) is 4.98 Å². The molecule has 0 aliphatic carbocycles. The number of aromatic nitrogens is 1. The first-order valence-corrected chi connectivity index (χ1v) is 5.33. The van der Waals surface area contributed by atoms with E-state index in [1.165, 1.54) is 0 Å². The van der Waals surface area contributed by atoms with Gasteiger partial charge in [-0.05, 0) is 17.7 Å². The molecule has 2 aromatic rings. The van der Waals surface area contributed by atoms with Gasteiger partial charge in [-0.25, -0.2) is 4.98 Å². The van der Waals surface area contributed by atoms with Gasteiger partial charge in [-0.1, -0.05) is 17.4 Å². The first-order chi connectivity index (χ1) is 7.20. The fourth-order valence-electron chi connectivity index (χ4n) is 1.29. The van der Waals surface area contributed by atoms with Crippen LogP contribution in [-0.4, -0.2) is 25.3 Å². The highest BCUT2D eigenvalue weighted by molar-refractivity contribution is 7.22. The van der Waals surface area contributed by atoms with Crippen LogP contribution in [0.2, 0.25) is 0 Å². The number of hydrogen-bond donors (Lipinski definition) is 1. The molecule has 0 bridgehead atoms. The minimum Gasteiger partial charge on any atom is -0.354 e. The summed E-state index contributed by atoms with van der Waals surface area (Å²) in [6, 6.07) is 5.98. The molecule has 0 spiro atoms. The summed E-state index contributed by atoms with van der Waals surface area (Å²) in [4.78, 5) is 6.48. The molecule has 0 saturated heterocycles. The second-order valence-electron chi connectivity index (χ2n) is 3.40. The highest BCUT2D eigenvalue weighted by Gasteiger charge is 2.05. The van der Waals surface area contributed by atoms with E-state index >= 15 is 0 Å². The number of thiazole rings is 1. The predicted octanol–water partition coefficient (Wildman–Crippen LogP) is 1.65. The Kier molecular flexibility index (Phi) is 2.55. The van der Waals surface area contributed by atoms with Gasteiger partial charge in [0, 0.05) is 14.1 Å². The Balaban J connectivity index is 2.52. The van der Waals surface area contributed by atoms with Gasteiger partial charge in [0.25, 0.3) is 0 Å². The van der Waals surface area contributed by atoms with Crippen LogP contribution in [0.15, 0.2) is 23.3 Å². The molecule has 0 saturated carbocycles. The molecule has 1 aromatic carbocycles. The lowest BCUT2D eigenvalue weighted by Crippen LogP contribution is -2.07. The minimum absolute atomic E-state index is 0.999. The molecule has 0 unspecified atom stereocenters. The van der Waals surface area contributed by atoms with Crippen LogP contribution in [-0.2, 0) is 0 Å². The molecule has 78 valence electrons. The summed E-state index contributed by atoms with van der Waals surface area (Å²) in [6.07, 6.45) is 1.63. The van der Waals surface area contributed by atoms with E-state index in [1.54, 1.807) is 17.6 Å². The Labute approximate surface area is 92.0 Å². The van der Waals surface area contributed by atoms with Crippen LogP contribution in [0.25, 0.3) is 10.2 Å². The SMILES string of the molecule is CN(C)c1nc2ccc(C=NN)cc2s1. The van der Waals surface area contributed by atoms with Crippen LogP contribution >= 0.6 is 11.3 Å². The number of nitrogens with two attached hydrogens (primary N) is 1. The third-order valence-corrected chi connectivity index (χ3v) is 3.19. The predicted molar refractivity (Wildman–Crippen MR) is 65.7 cm³/mol. The molecule has 0 aliphatic rings. The van der Waals surface area contributed by atoms with Crippen molar-refractivity contribution in [3.63, 3.8) is 0 Å². The summed E-state index contributed by atoms with van der Waals surface area (Å²) >= 11 is 1.66. The third-order valence-electron chi connectivity index (χ3n) is 2.01. The topological polar surface area (TPSA) is 54.5 Å². The molecule has 2 rings (SSSR count). The Bertz CT molecular complexity index is 501. The monoisotopic (exact) mass is 220 g/mol. The zero-order valence-corrected chi connectivity index (χ0v) is 9.45. The Morgan fingerprint density at radius 1 is 1.47 bits per heavy atom. The smallest absolute Gasteiger partial charge is 0.185 e. The van der Waals surface area contributed by atoms with Crippen molar-refractivity contribution in [2.24, 2.45) is 10.9 Å². The van der Waals surface area contributed by atoms with Gasteiger partial charge in [0.1, 0.15) is 0 Å². The maximum Gasteiger partial charge on any atom is 0.185 e. The lowest BCUT2D eigenvalue weighted by atomic mass is 10.2. The fraction of sp³-hybridized carbons (Fsp3) is 0.200. The molecule has 1 heterocycles. The van der Waals surface area contributed by atoms with E-state index in [4.69, 9.17) is 5.84 Å². The zero-order chi connectivity index (χ0) is 10.8. The summed E-state index contributed by atoms with van der Waals surface area (Å²) < 4.78 is 1.15. The molecule has 15 heavy (non-hydrogen) atoms. The van der Waals surface area contributed by atoms with Gasteiger partial charge in [0.05, 0.1) is 16.4 Å². The number of fused-ring (bicyclic) bond motifs is 1. The quantitative estimate of drug-likeness (QED) is 0.475. The molecular formula is C10H12N4S. The van der Waals surface area contributed by atoms with E-state index < -0.39 is 0 Å². The average molecular weight is 220 g/mol. The highest BCUT2D eigenvalue weighted by atomic mass is 32.1. The maximum atomic E-state index is 5.11. The van der Waals surface area contributed by atoms with E-state index in [1.807, 2.05) is 37.2 Å². The summed E-state index contributed by atoms with van der Waals surface area (Å²) in [7, 11) is 3.97. The molecule has 5 heteroatoms. The molecule has 0 radical (unpaired) electrons. The number of benzene rings is 1. The maximum absolute atomic E-state index is 5.11. The first kappa shape index (κ1) is 9.92.